The number of thiocarbonyl (C=S) groups is 1. The fourth-order valence-electron chi connectivity index (χ4n) is 1.53. The molecule has 0 aliphatic heterocycles. The van der Waals surface area contributed by atoms with E-state index in [1.165, 1.54) is 11.8 Å². The summed E-state index contributed by atoms with van der Waals surface area (Å²) in [5, 5.41) is 0. The van der Waals surface area contributed by atoms with Gasteiger partial charge in [0.05, 0.1) is 10.6 Å². The summed E-state index contributed by atoms with van der Waals surface area (Å²) in [5.41, 5.74) is 0.694. The predicted octanol–water partition coefficient (Wildman–Crippen LogP) is 5.14. The number of thioether (sulfide) groups is 1. The largest absolute Gasteiger partial charge is 0.294 e. The SMILES string of the molecule is O=C(CC(=S)Sc1ccccc1)c1ccc(Br)cc1. The molecule has 2 rings (SSSR count). The van der Waals surface area contributed by atoms with Gasteiger partial charge in [-0.1, -0.05) is 70.2 Å². The molecule has 4 heteroatoms. The summed E-state index contributed by atoms with van der Waals surface area (Å²) in [6, 6.07) is 17.2. The van der Waals surface area contributed by atoms with Crippen LogP contribution in [0.15, 0.2) is 64.0 Å². The Balaban J connectivity index is 1.95. The van der Waals surface area contributed by atoms with Gasteiger partial charge < -0.3 is 0 Å². The third kappa shape index (κ3) is 4.56. The Bertz CT molecular complexity index is 579. The lowest BCUT2D eigenvalue weighted by atomic mass is 10.1. The number of halogens is 1. The quantitative estimate of drug-likeness (QED) is 0.431. The van der Waals surface area contributed by atoms with E-state index in [2.05, 4.69) is 15.9 Å². The average molecular weight is 351 g/mol. The number of ketones is 1. The topological polar surface area (TPSA) is 17.1 Å². The number of hydrogen-bond donors (Lipinski definition) is 0. The van der Waals surface area contributed by atoms with Gasteiger partial charge >= 0.3 is 0 Å². The molecule has 0 unspecified atom stereocenters. The van der Waals surface area contributed by atoms with Crippen molar-refractivity contribution >= 4 is 49.9 Å². The zero-order valence-electron chi connectivity index (χ0n) is 10.0. The molecule has 0 radical (unpaired) electrons. The first-order chi connectivity index (χ1) is 9.15. The van der Waals surface area contributed by atoms with Gasteiger partial charge in [0, 0.05) is 14.9 Å². The van der Waals surface area contributed by atoms with Crippen molar-refractivity contribution in [2.75, 3.05) is 0 Å². The molecule has 96 valence electrons. The van der Waals surface area contributed by atoms with Crippen LogP contribution >= 0.6 is 39.9 Å². The normalized spacial score (nSPS) is 10.2. The van der Waals surface area contributed by atoms with Crippen LogP contribution in [0.3, 0.4) is 0 Å². The van der Waals surface area contributed by atoms with Crippen LogP contribution < -0.4 is 0 Å². The fourth-order valence-corrected chi connectivity index (χ4v) is 2.97. The zero-order chi connectivity index (χ0) is 13.7. The standard InChI is InChI=1S/C15H11BrOS2/c16-12-8-6-11(7-9-12)14(17)10-15(18)19-13-4-2-1-3-5-13/h1-9H,10H2. The third-order valence-electron chi connectivity index (χ3n) is 2.45. The summed E-state index contributed by atoms with van der Waals surface area (Å²) >= 11 is 10.1. The van der Waals surface area contributed by atoms with Gasteiger partial charge in [0.25, 0.3) is 0 Å². The van der Waals surface area contributed by atoms with Gasteiger partial charge in [0.15, 0.2) is 5.78 Å². The molecule has 0 aromatic heterocycles. The number of Topliss-reactive ketones (excluding diaryl/α,β-unsaturated/α-hetero) is 1. The van der Waals surface area contributed by atoms with Gasteiger partial charge in [-0.2, -0.15) is 0 Å². The molecule has 0 aliphatic rings. The molecular formula is C15H11BrOS2. The van der Waals surface area contributed by atoms with E-state index in [9.17, 15) is 4.79 Å². The zero-order valence-corrected chi connectivity index (χ0v) is 13.2. The molecule has 0 atom stereocenters. The van der Waals surface area contributed by atoms with E-state index >= 15 is 0 Å². The Morgan fingerprint density at radius 3 is 2.32 bits per heavy atom. The summed E-state index contributed by atoms with van der Waals surface area (Å²) in [6.45, 7) is 0. The molecule has 19 heavy (non-hydrogen) atoms. The van der Waals surface area contributed by atoms with Crippen LogP contribution in [-0.4, -0.2) is 9.98 Å². The number of hydrogen-bond acceptors (Lipinski definition) is 3. The van der Waals surface area contributed by atoms with Crippen molar-refractivity contribution in [2.45, 2.75) is 11.3 Å². The number of rotatable bonds is 4. The van der Waals surface area contributed by atoms with Crippen molar-refractivity contribution in [1.82, 2.24) is 0 Å². The number of benzene rings is 2. The van der Waals surface area contributed by atoms with E-state index in [-0.39, 0.29) is 12.2 Å². The summed E-state index contributed by atoms with van der Waals surface area (Å²) in [7, 11) is 0. The minimum absolute atomic E-state index is 0.0564. The van der Waals surface area contributed by atoms with Gasteiger partial charge in [-0.15, -0.1) is 0 Å². The Hall–Kier alpha value is -0.970. The highest BCUT2D eigenvalue weighted by atomic mass is 79.9. The van der Waals surface area contributed by atoms with Crippen LogP contribution in [0.5, 0.6) is 0 Å². The van der Waals surface area contributed by atoms with E-state index in [0.29, 0.717) is 9.76 Å². The van der Waals surface area contributed by atoms with E-state index in [4.69, 9.17) is 12.2 Å². The van der Waals surface area contributed by atoms with Gasteiger partial charge in [0.2, 0.25) is 0 Å². The average Bonchev–Trinajstić information content (AvgIpc) is 2.40. The van der Waals surface area contributed by atoms with Gasteiger partial charge in [0.1, 0.15) is 0 Å². The van der Waals surface area contributed by atoms with Crippen LogP contribution in [0.2, 0.25) is 0 Å². The smallest absolute Gasteiger partial charge is 0.168 e. The molecule has 0 aliphatic carbocycles. The van der Waals surface area contributed by atoms with Crippen molar-refractivity contribution in [3.8, 4) is 0 Å². The molecule has 2 aromatic carbocycles. The predicted molar refractivity (Wildman–Crippen MR) is 88.0 cm³/mol. The maximum atomic E-state index is 12.0. The summed E-state index contributed by atoms with van der Waals surface area (Å²) in [6.07, 6.45) is 0.288. The van der Waals surface area contributed by atoms with Crippen molar-refractivity contribution in [3.63, 3.8) is 0 Å². The Morgan fingerprint density at radius 2 is 1.68 bits per heavy atom. The molecule has 0 N–H and O–H groups in total. The lowest BCUT2D eigenvalue weighted by molar-refractivity contribution is 0.100. The molecule has 0 fully saturated rings. The van der Waals surface area contributed by atoms with E-state index in [0.717, 1.165) is 9.37 Å². The minimum Gasteiger partial charge on any atom is -0.294 e. The van der Waals surface area contributed by atoms with Gasteiger partial charge in [-0.3, -0.25) is 4.79 Å². The molecule has 1 nitrogen and oxygen atoms in total. The first-order valence-electron chi connectivity index (χ1n) is 5.69. The first-order valence-corrected chi connectivity index (χ1v) is 7.71. The molecule has 0 bridgehead atoms. The summed E-state index contributed by atoms with van der Waals surface area (Å²) in [5.74, 6) is 0.0564. The monoisotopic (exact) mass is 350 g/mol. The first kappa shape index (κ1) is 14.4. The van der Waals surface area contributed by atoms with Crippen molar-refractivity contribution < 1.29 is 4.79 Å². The Labute approximate surface area is 130 Å². The Morgan fingerprint density at radius 1 is 1.05 bits per heavy atom. The number of carbonyl (C=O) groups excluding carboxylic acids is 1. The van der Waals surface area contributed by atoms with Gasteiger partial charge in [-0.25, -0.2) is 0 Å². The third-order valence-corrected chi connectivity index (χ3v) is 4.25. The van der Waals surface area contributed by atoms with E-state index in [1.54, 1.807) is 0 Å². The second-order valence-electron chi connectivity index (χ2n) is 3.89. The molecule has 0 saturated heterocycles. The fraction of sp³-hybridized carbons (Fsp3) is 0.0667. The van der Waals surface area contributed by atoms with Crippen molar-refractivity contribution in [1.29, 1.82) is 0 Å². The molecule has 2 aromatic rings. The molecule has 0 heterocycles. The second kappa shape index (κ2) is 6.98. The lowest BCUT2D eigenvalue weighted by Crippen LogP contribution is -2.03. The van der Waals surface area contributed by atoms with Crippen LogP contribution in [-0.2, 0) is 0 Å². The van der Waals surface area contributed by atoms with Crippen LogP contribution in [0.25, 0.3) is 0 Å². The van der Waals surface area contributed by atoms with Crippen LogP contribution in [0.1, 0.15) is 16.8 Å². The molecule has 0 amide bonds. The second-order valence-corrected chi connectivity index (χ2v) is 6.73. The highest BCUT2D eigenvalue weighted by molar-refractivity contribution is 9.10. The lowest BCUT2D eigenvalue weighted by Gasteiger charge is -2.03. The van der Waals surface area contributed by atoms with Crippen molar-refractivity contribution in [3.05, 3.63) is 64.6 Å². The molecule has 0 spiro atoms. The molecule has 0 saturated carbocycles. The highest BCUT2D eigenvalue weighted by Gasteiger charge is 2.10. The van der Waals surface area contributed by atoms with Gasteiger partial charge in [-0.05, 0) is 24.3 Å². The highest BCUT2D eigenvalue weighted by Crippen LogP contribution is 2.22. The minimum atomic E-state index is 0.0564. The summed E-state index contributed by atoms with van der Waals surface area (Å²) in [4.78, 5) is 13.1. The maximum Gasteiger partial charge on any atom is 0.168 e. The summed E-state index contributed by atoms with van der Waals surface area (Å²) < 4.78 is 1.66. The van der Waals surface area contributed by atoms with E-state index < -0.39 is 0 Å². The van der Waals surface area contributed by atoms with Crippen LogP contribution in [0, 0.1) is 0 Å². The Kier molecular flexibility index (Phi) is 5.31. The van der Waals surface area contributed by atoms with E-state index in [1.807, 2.05) is 54.6 Å². The maximum absolute atomic E-state index is 12.0. The van der Waals surface area contributed by atoms with Crippen LogP contribution in [0.4, 0.5) is 0 Å². The number of carbonyl (C=O) groups is 1. The van der Waals surface area contributed by atoms with Crippen molar-refractivity contribution in [2.24, 2.45) is 0 Å². The molecular weight excluding hydrogens is 340 g/mol.